The zero-order chi connectivity index (χ0) is 21.7. The Labute approximate surface area is 169 Å². The number of nitro groups is 2. The molecule has 0 saturated heterocycles. The minimum absolute atomic E-state index is 0.0592. The van der Waals surface area contributed by atoms with E-state index in [-0.39, 0.29) is 34.1 Å². The fourth-order valence-electron chi connectivity index (χ4n) is 2.49. The second-order valence-electron chi connectivity index (χ2n) is 5.75. The lowest BCUT2D eigenvalue weighted by molar-refractivity contribution is -0.385. The maximum absolute atomic E-state index is 11.3. The van der Waals surface area contributed by atoms with Gasteiger partial charge in [0.15, 0.2) is 11.5 Å². The summed E-state index contributed by atoms with van der Waals surface area (Å²) >= 11 is 0. The average molecular weight is 402 g/mol. The Bertz CT molecular complexity index is 1150. The van der Waals surface area contributed by atoms with Crippen molar-refractivity contribution < 1.29 is 19.3 Å². The SMILES string of the molecule is N#Cc1ccc(Oc2ccccc2Oc2ccc(C#N)cc2[N+](=O)[O-])c([N+](=O)[O-])c1. The molecule has 0 spiro atoms. The molecule has 0 heterocycles. The largest absolute Gasteiger partial charge is 0.446 e. The van der Waals surface area contributed by atoms with E-state index in [1.54, 1.807) is 12.1 Å². The molecule has 0 fully saturated rings. The second kappa shape index (κ2) is 8.37. The molecule has 0 N–H and O–H groups in total. The molecular formula is C20H10N4O6. The molecule has 0 aliphatic heterocycles. The minimum atomic E-state index is -0.689. The van der Waals surface area contributed by atoms with Gasteiger partial charge in [0.25, 0.3) is 0 Å². The van der Waals surface area contributed by atoms with Crippen LogP contribution >= 0.6 is 0 Å². The van der Waals surface area contributed by atoms with Gasteiger partial charge in [0.05, 0.1) is 33.1 Å². The van der Waals surface area contributed by atoms with E-state index in [1.807, 2.05) is 12.1 Å². The maximum atomic E-state index is 11.3. The van der Waals surface area contributed by atoms with E-state index in [1.165, 1.54) is 36.4 Å². The highest BCUT2D eigenvalue weighted by Crippen LogP contribution is 2.40. The second-order valence-corrected chi connectivity index (χ2v) is 5.75. The third kappa shape index (κ3) is 4.13. The van der Waals surface area contributed by atoms with Crippen molar-refractivity contribution in [3.05, 3.63) is 92.0 Å². The van der Waals surface area contributed by atoms with Gasteiger partial charge in [-0.05, 0) is 36.4 Å². The molecule has 0 atom stereocenters. The molecule has 3 aromatic carbocycles. The number of nitro benzene ring substituents is 2. The lowest BCUT2D eigenvalue weighted by Crippen LogP contribution is -1.97. The molecule has 10 heteroatoms. The summed E-state index contributed by atoms with van der Waals surface area (Å²) < 4.78 is 11.2. The maximum Gasteiger partial charge on any atom is 0.312 e. The van der Waals surface area contributed by atoms with Crippen LogP contribution in [-0.2, 0) is 0 Å². The van der Waals surface area contributed by atoms with Crippen molar-refractivity contribution in [2.75, 3.05) is 0 Å². The molecule has 10 nitrogen and oxygen atoms in total. The standard InChI is InChI=1S/C20H10N4O6/c21-11-13-5-7-17(15(9-13)23(25)26)29-19-3-1-2-4-20(19)30-18-8-6-14(12-22)10-16(18)24(27)28/h1-10H. The smallest absolute Gasteiger partial charge is 0.312 e. The van der Waals surface area contributed by atoms with E-state index < -0.39 is 21.2 Å². The van der Waals surface area contributed by atoms with Crippen molar-refractivity contribution in [2.45, 2.75) is 0 Å². The third-order valence-corrected chi connectivity index (χ3v) is 3.86. The van der Waals surface area contributed by atoms with E-state index in [4.69, 9.17) is 20.0 Å². The minimum Gasteiger partial charge on any atom is -0.446 e. The highest BCUT2D eigenvalue weighted by Gasteiger charge is 2.21. The number of hydrogen-bond donors (Lipinski definition) is 0. The van der Waals surface area contributed by atoms with Crippen molar-refractivity contribution in [3.8, 4) is 35.1 Å². The first-order valence-electron chi connectivity index (χ1n) is 8.24. The molecule has 0 amide bonds. The molecule has 0 aromatic heterocycles. The highest BCUT2D eigenvalue weighted by molar-refractivity contribution is 5.57. The first kappa shape index (κ1) is 19.8. The van der Waals surface area contributed by atoms with Gasteiger partial charge in [0.2, 0.25) is 11.5 Å². The monoisotopic (exact) mass is 402 g/mol. The zero-order valence-corrected chi connectivity index (χ0v) is 15.0. The summed E-state index contributed by atoms with van der Waals surface area (Å²) in [6, 6.07) is 17.1. The summed E-state index contributed by atoms with van der Waals surface area (Å²) in [6.45, 7) is 0. The fourth-order valence-corrected chi connectivity index (χ4v) is 2.49. The van der Waals surface area contributed by atoms with Crippen LogP contribution in [0.3, 0.4) is 0 Å². The molecule has 146 valence electrons. The Morgan fingerprint density at radius 2 is 1.07 bits per heavy atom. The van der Waals surface area contributed by atoms with Crippen molar-refractivity contribution in [1.82, 2.24) is 0 Å². The van der Waals surface area contributed by atoms with Gasteiger partial charge in [0.1, 0.15) is 0 Å². The lowest BCUT2D eigenvalue weighted by atomic mass is 10.2. The zero-order valence-electron chi connectivity index (χ0n) is 15.0. The van der Waals surface area contributed by atoms with Gasteiger partial charge in [-0.3, -0.25) is 20.2 Å². The molecule has 0 saturated carbocycles. The van der Waals surface area contributed by atoms with Crippen LogP contribution in [-0.4, -0.2) is 9.85 Å². The fraction of sp³-hybridized carbons (Fsp3) is 0. The van der Waals surface area contributed by atoms with Crippen molar-refractivity contribution in [3.63, 3.8) is 0 Å². The molecule has 0 aliphatic carbocycles. The Morgan fingerprint density at radius 3 is 1.40 bits per heavy atom. The highest BCUT2D eigenvalue weighted by atomic mass is 16.6. The van der Waals surface area contributed by atoms with Crippen LogP contribution in [0.1, 0.15) is 11.1 Å². The first-order chi connectivity index (χ1) is 14.4. The summed E-state index contributed by atoms with van der Waals surface area (Å²) in [5.74, 6) is -0.151. The number of benzene rings is 3. The third-order valence-electron chi connectivity index (χ3n) is 3.86. The van der Waals surface area contributed by atoms with Gasteiger partial charge >= 0.3 is 11.4 Å². The van der Waals surface area contributed by atoms with Crippen molar-refractivity contribution in [1.29, 1.82) is 10.5 Å². The number of ether oxygens (including phenoxy) is 2. The summed E-state index contributed by atoms with van der Waals surface area (Å²) in [4.78, 5) is 21.3. The van der Waals surface area contributed by atoms with Gasteiger partial charge in [-0.1, -0.05) is 12.1 Å². The van der Waals surface area contributed by atoms with Gasteiger partial charge < -0.3 is 9.47 Å². The van der Waals surface area contributed by atoms with E-state index >= 15 is 0 Å². The summed E-state index contributed by atoms with van der Waals surface area (Å²) in [5, 5.41) is 40.5. The Balaban J connectivity index is 2.00. The topological polar surface area (TPSA) is 152 Å². The molecule has 0 unspecified atom stereocenters. The van der Waals surface area contributed by atoms with E-state index in [9.17, 15) is 20.2 Å². The summed E-state index contributed by atoms with van der Waals surface area (Å²) in [7, 11) is 0. The molecule has 0 radical (unpaired) electrons. The van der Waals surface area contributed by atoms with Crippen LogP contribution in [0.2, 0.25) is 0 Å². The van der Waals surface area contributed by atoms with Crippen LogP contribution in [0, 0.1) is 42.9 Å². The van der Waals surface area contributed by atoms with Gasteiger partial charge in [-0.25, -0.2) is 0 Å². The number of hydrogen-bond acceptors (Lipinski definition) is 8. The number of nitrogens with zero attached hydrogens (tertiary/aromatic N) is 4. The molecule has 3 rings (SSSR count). The average Bonchev–Trinajstić information content (AvgIpc) is 2.75. The molecule has 3 aromatic rings. The molecule has 0 aliphatic rings. The molecular weight excluding hydrogens is 392 g/mol. The first-order valence-corrected chi connectivity index (χ1v) is 8.24. The van der Waals surface area contributed by atoms with Crippen LogP contribution in [0.5, 0.6) is 23.0 Å². The van der Waals surface area contributed by atoms with Crippen LogP contribution < -0.4 is 9.47 Å². The Hall–Kier alpha value is -4.96. The quantitative estimate of drug-likeness (QED) is 0.419. The van der Waals surface area contributed by atoms with Gasteiger partial charge in [-0.15, -0.1) is 0 Å². The summed E-state index contributed by atoms with van der Waals surface area (Å²) in [5.41, 5.74) is -0.667. The van der Waals surface area contributed by atoms with Crippen molar-refractivity contribution >= 4 is 11.4 Å². The molecule has 30 heavy (non-hydrogen) atoms. The van der Waals surface area contributed by atoms with Gasteiger partial charge in [0, 0.05) is 12.1 Å². The summed E-state index contributed by atoms with van der Waals surface area (Å²) in [6.07, 6.45) is 0. The van der Waals surface area contributed by atoms with Crippen LogP contribution in [0.4, 0.5) is 11.4 Å². The number of para-hydroxylation sites is 2. The predicted molar refractivity (Wildman–Crippen MR) is 102 cm³/mol. The lowest BCUT2D eigenvalue weighted by Gasteiger charge is -2.12. The Morgan fingerprint density at radius 1 is 0.667 bits per heavy atom. The predicted octanol–water partition coefficient (Wildman–Crippen LogP) is 4.83. The van der Waals surface area contributed by atoms with Crippen LogP contribution in [0.25, 0.3) is 0 Å². The van der Waals surface area contributed by atoms with Gasteiger partial charge in [-0.2, -0.15) is 10.5 Å². The molecule has 0 bridgehead atoms. The normalized spacial score (nSPS) is 9.80. The van der Waals surface area contributed by atoms with E-state index in [0.29, 0.717) is 0 Å². The van der Waals surface area contributed by atoms with Crippen molar-refractivity contribution in [2.24, 2.45) is 0 Å². The Kier molecular flexibility index (Phi) is 5.52. The van der Waals surface area contributed by atoms with E-state index in [0.717, 1.165) is 12.1 Å². The number of rotatable bonds is 6. The van der Waals surface area contributed by atoms with E-state index in [2.05, 4.69) is 0 Å². The van der Waals surface area contributed by atoms with Crippen LogP contribution in [0.15, 0.2) is 60.7 Å². The number of nitriles is 2.